The van der Waals surface area contributed by atoms with Crippen molar-refractivity contribution in [1.29, 1.82) is 0 Å². The summed E-state index contributed by atoms with van der Waals surface area (Å²) in [6.45, 7) is 3.37. The van der Waals surface area contributed by atoms with E-state index < -0.39 is 23.8 Å². The summed E-state index contributed by atoms with van der Waals surface area (Å²) in [5.74, 6) is -1.23. The summed E-state index contributed by atoms with van der Waals surface area (Å²) >= 11 is 0. The number of benzene rings is 3. The molecule has 2 unspecified atom stereocenters. The van der Waals surface area contributed by atoms with Gasteiger partial charge >= 0.3 is 11.9 Å². The first-order chi connectivity index (χ1) is 16.7. The molecule has 3 atom stereocenters. The summed E-state index contributed by atoms with van der Waals surface area (Å²) < 4.78 is 5.14. The van der Waals surface area contributed by atoms with Gasteiger partial charge in [-0.15, -0.1) is 0 Å². The normalized spacial score (nSPS) is 16.8. The number of carbonyl (C=O) groups is 3. The van der Waals surface area contributed by atoms with Gasteiger partial charge in [0.15, 0.2) is 0 Å². The van der Waals surface area contributed by atoms with Gasteiger partial charge in [0.25, 0.3) is 0 Å². The Kier molecular flexibility index (Phi) is 8.63. The SMILES string of the molecule is CC(C(=O)O)c1ccc(CC2CCCC2=O)cc1.COc1ccc2cc([C@H](C)C(=O)O)ccc2c1. The summed E-state index contributed by atoms with van der Waals surface area (Å²) in [5.41, 5.74) is 2.75. The molecule has 0 aliphatic heterocycles. The van der Waals surface area contributed by atoms with Crippen LogP contribution in [0.15, 0.2) is 60.7 Å². The van der Waals surface area contributed by atoms with Crippen LogP contribution in [0.5, 0.6) is 5.75 Å². The van der Waals surface area contributed by atoms with Crippen LogP contribution in [0.4, 0.5) is 0 Å². The van der Waals surface area contributed by atoms with Crippen molar-refractivity contribution in [2.45, 2.75) is 51.4 Å². The van der Waals surface area contributed by atoms with Crippen LogP contribution < -0.4 is 4.74 Å². The molecule has 35 heavy (non-hydrogen) atoms. The van der Waals surface area contributed by atoms with E-state index in [1.165, 1.54) is 0 Å². The quantitative estimate of drug-likeness (QED) is 0.445. The van der Waals surface area contributed by atoms with Crippen LogP contribution in [-0.2, 0) is 20.8 Å². The Balaban J connectivity index is 0.000000196. The fourth-order valence-corrected chi connectivity index (χ4v) is 4.25. The van der Waals surface area contributed by atoms with E-state index in [9.17, 15) is 14.4 Å². The minimum absolute atomic E-state index is 0.174. The second kappa shape index (κ2) is 11.6. The Morgan fingerprint density at radius 3 is 2.03 bits per heavy atom. The highest BCUT2D eigenvalue weighted by atomic mass is 16.5. The van der Waals surface area contributed by atoms with Crippen molar-refractivity contribution >= 4 is 28.5 Å². The molecule has 184 valence electrons. The zero-order valence-electron chi connectivity index (χ0n) is 20.4. The van der Waals surface area contributed by atoms with Crippen LogP contribution in [-0.4, -0.2) is 35.0 Å². The minimum atomic E-state index is -0.811. The fourth-order valence-electron chi connectivity index (χ4n) is 4.25. The highest BCUT2D eigenvalue weighted by Crippen LogP contribution is 2.26. The van der Waals surface area contributed by atoms with Gasteiger partial charge in [0.2, 0.25) is 0 Å². The summed E-state index contributed by atoms with van der Waals surface area (Å²) in [4.78, 5) is 33.3. The van der Waals surface area contributed by atoms with E-state index in [1.807, 2.05) is 60.7 Å². The molecule has 0 spiro atoms. The van der Waals surface area contributed by atoms with E-state index in [2.05, 4.69) is 0 Å². The number of methoxy groups -OCH3 is 1. The van der Waals surface area contributed by atoms with Crippen molar-refractivity contribution in [3.8, 4) is 5.75 Å². The van der Waals surface area contributed by atoms with Crippen LogP contribution in [0.3, 0.4) is 0 Å². The Hall–Kier alpha value is -3.67. The second-order valence-electron chi connectivity index (χ2n) is 9.09. The number of carbonyl (C=O) groups excluding carboxylic acids is 1. The molecule has 1 aliphatic rings. The average molecular weight is 477 g/mol. The molecule has 0 aromatic heterocycles. The number of hydrogen-bond donors (Lipinski definition) is 2. The van der Waals surface area contributed by atoms with Crippen molar-refractivity contribution in [2.24, 2.45) is 5.92 Å². The van der Waals surface area contributed by atoms with E-state index in [-0.39, 0.29) is 5.92 Å². The van der Waals surface area contributed by atoms with Crippen LogP contribution in [0.1, 0.15) is 61.6 Å². The third-order valence-corrected chi connectivity index (χ3v) is 6.71. The number of carboxylic acids is 2. The number of Topliss-reactive ketones (excluding diaryl/α,β-unsaturated/α-hetero) is 1. The molecule has 1 aliphatic carbocycles. The third-order valence-electron chi connectivity index (χ3n) is 6.71. The summed E-state index contributed by atoms with van der Waals surface area (Å²) in [6, 6.07) is 19.0. The lowest BCUT2D eigenvalue weighted by atomic mass is 9.94. The van der Waals surface area contributed by atoms with Gasteiger partial charge in [-0.05, 0) is 72.7 Å². The lowest BCUT2D eigenvalue weighted by Crippen LogP contribution is -2.10. The summed E-state index contributed by atoms with van der Waals surface area (Å²) in [6.07, 6.45) is 3.52. The predicted octanol–water partition coefficient (Wildman–Crippen LogP) is 5.82. The first-order valence-electron chi connectivity index (χ1n) is 11.8. The van der Waals surface area contributed by atoms with Gasteiger partial charge in [0.1, 0.15) is 11.5 Å². The van der Waals surface area contributed by atoms with Gasteiger partial charge in [-0.2, -0.15) is 0 Å². The maximum absolute atomic E-state index is 11.6. The van der Waals surface area contributed by atoms with Crippen LogP contribution >= 0.6 is 0 Å². The number of carboxylic acid groups (broad SMARTS) is 2. The van der Waals surface area contributed by atoms with Gasteiger partial charge in [-0.25, -0.2) is 0 Å². The molecule has 1 saturated carbocycles. The molecule has 4 rings (SSSR count). The van der Waals surface area contributed by atoms with Gasteiger partial charge in [-0.1, -0.05) is 48.5 Å². The molecular weight excluding hydrogens is 444 g/mol. The average Bonchev–Trinajstić information content (AvgIpc) is 3.27. The summed E-state index contributed by atoms with van der Waals surface area (Å²) in [5, 5.41) is 20.0. The van der Waals surface area contributed by atoms with Crippen molar-refractivity contribution in [2.75, 3.05) is 7.11 Å². The molecule has 0 radical (unpaired) electrons. The van der Waals surface area contributed by atoms with Gasteiger partial charge in [0, 0.05) is 12.3 Å². The summed E-state index contributed by atoms with van der Waals surface area (Å²) in [7, 11) is 1.63. The smallest absolute Gasteiger partial charge is 0.310 e. The van der Waals surface area contributed by atoms with E-state index in [0.29, 0.717) is 5.78 Å². The molecule has 6 heteroatoms. The molecule has 3 aromatic rings. The molecule has 0 amide bonds. The first kappa shape index (κ1) is 25.9. The Bertz CT molecular complexity index is 1200. The first-order valence-corrected chi connectivity index (χ1v) is 11.8. The lowest BCUT2D eigenvalue weighted by molar-refractivity contribution is -0.139. The zero-order chi connectivity index (χ0) is 25.5. The zero-order valence-corrected chi connectivity index (χ0v) is 20.4. The number of rotatable bonds is 7. The number of aliphatic carboxylic acids is 2. The number of hydrogen-bond acceptors (Lipinski definition) is 4. The van der Waals surface area contributed by atoms with Crippen molar-refractivity contribution in [3.05, 3.63) is 77.4 Å². The van der Waals surface area contributed by atoms with E-state index in [1.54, 1.807) is 21.0 Å². The maximum atomic E-state index is 11.6. The fraction of sp³-hybridized carbons (Fsp3) is 0.345. The van der Waals surface area contributed by atoms with Crippen molar-refractivity contribution in [1.82, 2.24) is 0 Å². The van der Waals surface area contributed by atoms with Crippen LogP contribution in [0, 0.1) is 5.92 Å². The van der Waals surface area contributed by atoms with Gasteiger partial charge in [-0.3, -0.25) is 14.4 Å². The molecule has 0 bridgehead atoms. The number of ether oxygens (including phenoxy) is 1. The van der Waals surface area contributed by atoms with Crippen LogP contribution in [0.25, 0.3) is 10.8 Å². The van der Waals surface area contributed by atoms with Gasteiger partial charge in [0.05, 0.1) is 18.9 Å². The van der Waals surface area contributed by atoms with E-state index in [4.69, 9.17) is 14.9 Å². The standard InChI is InChI=1S/C15H18O3.C14H14O3/c1-10(15(17)18)12-7-5-11(6-8-12)9-13-3-2-4-14(13)16;1-9(14(15)16)10-3-4-12-8-13(17-2)6-5-11(12)7-10/h5-8,10,13H,2-4,9H2,1H3,(H,17,18);3-9H,1-2H3,(H,15,16)/t;9-/m.0/s1. The Morgan fingerprint density at radius 1 is 0.886 bits per heavy atom. The third kappa shape index (κ3) is 6.69. The Morgan fingerprint density at radius 2 is 1.46 bits per heavy atom. The lowest BCUT2D eigenvalue weighted by Gasteiger charge is -2.10. The van der Waals surface area contributed by atoms with Crippen molar-refractivity contribution < 1.29 is 29.3 Å². The molecule has 6 nitrogen and oxygen atoms in total. The van der Waals surface area contributed by atoms with Crippen molar-refractivity contribution in [3.63, 3.8) is 0 Å². The minimum Gasteiger partial charge on any atom is -0.497 e. The molecule has 1 fully saturated rings. The highest BCUT2D eigenvalue weighted by Gasteiger charge is 2.24. The van der Waals surface area contributed by atoms with E-state index in [0.717, 1.165) is 58.9 Å². The monoisotopic (exact) mass is 476 g/mol. The molecular formula is C29H32O6. The molecule has 3 aromatic carbocycles. The molecule has 2 N–H and O–H groups in total. The Labute approximate surface area is 205 Å². The van der Waals surface area contributed by atoms with E-state index >= 15 is 0 Å². The second-order valence-corrected chi connectivity index (χ2v) is 9.09. The molecule has 0 heterocycles. The van der Waals surface area contributed by atoms with Gasteiger partial charge < -0.3 is 14.9 Å². The largest absolute Gasteiger partial charge is 0.497 e. The topological polar surface area (TPSA) is 101 Å². The van der Waals surface area contributed by atoms with Crippen LogP contribution in [0.2, 0.25) is 0 Å². The number of ketones is 1. The number of fused-ring (bicyclic) bond motifs is 1. The maximum Gasteiger partial charge on any atom is 0.310 e. The highest BCUT2D eigenvalue weighted by molar-refractivity contribution is 5.86. The molecule has 0 saturated heterocycles. The predicted molar refractivity (Wildman–Crippen MR) is 135 cm³/mol.